The van der Waals surface area contributed by atoms with E-state index in [1.165, 1.54) is 11.1 Å². The Morgan fingerprint density at radius 1 is 0.700 bits per heavy atom. The fraction of sp³-hybridized carbons (Fsp3) is 0.316. The minimum Gasteiger partial charge on any atom is -0.289 e. The largest absolute Gasteiger partial charge is 0.289 e. The number of carbonyl (C=O) groups is 1. The highest BCUT2D eigenvalue weighted by atomic mass is 16.1. The third-order valence-corrected chi connectivity index (χ3v) is 4.29. The predicted octanol–water partition coefficient (Wildman–Crippen LogP) is 4.77. The van der Waals surface area contributed by atoms with Gasteiger partial charge in [0, 0.05) is 11.1 Å². The molecule has 2 rings (SSSR count). The van der Waals surface area contributed by atoms with E-state index in [4.69, 9.17) is 0 Å². The average Bonchev–Trinajstić information content (AvgIpc) is 2.36. The second kappa shape index (κ2) is 5.24. The second-order valence-electron chi connectivity index (χ2n) is 5.73. The van der Waals surface area contributed by atoms with Gasteiger partial charge >= 0.3 is 0 Å². The van der Waals surface area contributed by atoms with E-state index in [-0.39, 0.29) is 5.78 Å². The number of rotatable bonds is 2. The molecule has 0 N–H and O–H groups in total. The van der Waals surface area contributed by atoms with Gasteiger partial charge in [0.1, 0.15) is 0 Å². The molecule has 0 unspecified atom stereocenters. The Morgan fingerprint density at radius 3 is 1.80 bits per heavy atom. The molecule has 0 fully saturated rings. The Hall–Kier alpha value is -1.89. The van der Waals surface area contributed by atoms with Gasteiger partial charge in [-0.25, -0.2) is 0 Å². The maximum absolute atomic E-state index is 13.0. The van der Waals surface area contributed by atoms with Crippen LogP contribution in [0.25, 0.3) is 0 Å². The molecule has 0 atom stereocenters. The van der Waals surface area contributed by atoms with Crippen molar-refractivity contribution in [2.24, 2.45) is 0 Å². The maximum Gasteiger partial charge on any atom is 0.194 e. The highest BCUT2D eigenvalue weighted by Crippen LogP contribution is 2.26. The lowest BCUT2D eigenvalue weighted by Gasteiger charge is -2.16. The van der Waals surface area contributed by atoms with Gasteiger partial charge in [0.25, 0.3) is 0 Å². The minimum atomic E-state index is 0.152. The van der Waals surface area contributed by atoms with E-state index in [1.54, 1.807) is 0 Å². The van der Waals surface area contributed by atoms with Crippen molar-refractivity contribution in [1.29, 1.82) is 0 Å². The first-order chi connectivity index (χ1) is 9.34. The lowest BCUT2D eigenvalue weighted by atomic mass is 9.87. The molecule has 0 bridgehead atoms. The molecule has 0 aromatic heterocycles. The van der Waals surface area contributed by atoms with Gasteiger partial charge in [-0.1, -0.05) is 24.3 Å². The first-order valence-corrected chi connectivity index (χ1v) is 7.03. The Morgan fingerprint density at radius 2 is 1.25 bits per heavy atom. The molecule has 2 aromatic rings. The van der Waals surface area contributed by atoms with Crippen LogP contribution in [-0.2, 0) is 0 Å². The van der Waals surface area contributed by atoms with Crippen molar-refractivity contribution in [3.8, 4) is 0 Å². The van der Waals surface area contributed by atoms with Gasteiger partial charge in [0.2, 0.25) is 0 Å². The molecule has 0 saturated carbocycles. The molecule has 1 heteroatoms. The zero-order chi connectivity index (χ0) is 15.0. The highest BCUT2D eigenvalue weighted by Gasteiger charge is 2.19. The number of aryl methyl sites for hydroxylation is 4. The summed E-state index contributed by atoms with van der Waals surface area (Å²) in [7, 11) is 0. The summed E-state index contributed by atoms with van der Waals surface area (Å²) in [6.07, 6.45) is 0. The monoisotopic (exact) mass is 266 g/mol. The molecule has 1 nitrogen and oxygen atoms in total. The Bertz CT molecular complexity index is 673. The van der Waals surface area contributed by atoms with Crippen molar-refractivity contribution >= 4 is 5.78 Å². The van der Waals surface area contributed by atoms with Crippen LogP contribution in [0.15, 0.2) is 24.3 Å². The Labute approximate surface area is 121 Å². The molecule has 0 heterocycles. The third-order valence-electron chi connectivity index (χ3n) is 4.29. The molecule has 0 aliphatic heterocycles. The molecular weight excluding hydrogens is 244 g/mol. The Balaban J connectivity index is 2.70. The van der Waals surface area contributed by atoms with E-state index in [9.17, 15) is 4.79 Å². The van der Waals surface area contributed by atoms with Crippen LogP contribution < -0.4 is 0 Å². The van der Waals surface area contributed by atoms with Crippen LogP contribution >= 0.6 is 0 Å². The van der Waals surface area contributed by atoms with Gasteiger partial charge in [0.15, 0.2) is 5.78 Å². The van der Waals surface area contributed by atoms with Crippen LogP contribution in [0.2, 0.25) is 0 Å². The molecule has 0 aliphatic carbocycles. The van der Waals surface area contributed by atoms with Gasteiger partial charge in [0.05, 0.1) is 0 Å². The van der Waals surface area contributed by atoms with Gasteiger partial charge in [-0.05, 0) is 74.9 Å². The van der Waals surface area contributed by atoms with Crippen LogP contribution in [0.1, 0.15) is 49.3 Å². The summed E-state index contributed by atoms with van der Waals surface area (Å²) in [6, 6.07) is 8.13. The van der Waals surface area contributed by atoms with Crippen molar-refractivity contribution in [3.05, 3.63) is 68.8 Å². The number of carbonyl (C=O) groups excluding carboxylic acids is 1. The van der Waals surface area contributed by atoms with Crippen LogP contribution in [-0.4, -0.2) is 5.78 Å². The first kappa shape index (κ1) is 14.5. The van der Waals surface area contributed by atoms with E-state index >= 15 is 0 Å². The third kappa shape index (κ3) is 2.29. The first-order valence-electron chi connectivity index (χ1n) is 7.03. The van der Waals surface area contributed by atoms with Crippen molar-refractivity contribution in [2.45, 2.75) is 41.5 Å². The fourth-order valence-electron chi connectivity index (χ4n) is 2.93. The number of hydrogen-bond donors (Lipinski definition) is 0. The molecule has 0 amide bonds. The van der Waals surface area contributed by atoms with E-state index in [2.05, 4.69) is 26.8 Å². The summed E-state index contributed by atoms with van der Waals surface area (Å²) in [6.45, 7) is 12.3. The van der Waals surface area contributed by atoms with Crippen molar-refractivity contribution in [2.75, 3.05) is 0 Å². The molecule has 0 aliphatic rings. The predicted molar refractivity (Wildman–Crippen MR) is 84.7 cm³/mol. The fourth-order valence-corrected chi connectivity index (χ4v) is 2.93. The molecular formula is C19H22O. The second-order valence-corrected chi connectivity index (χ2v) is 5.73. The van der Waals surface area contributed by atoms with Crippen molar-refractivity contribution in [3.63, 3.8) is 0 Å². The van der Waals surface area contributed by atoms with Crippen LogP contribution in [0.3, 0.4) is 0 Å². The molecule has 104 valence electrons. The SMILES string of the molecule is Cc1cc(C)c(C(=O)c2c(C)cccc2C)c(C)c1C. The molecule has 0 spiro atoms. The van der Waals surface area contributed by atoms with E-state index in [1.807, 2.05) is 39.0 Å². The number of ketones is 1. The molecule has 2 aromatic carbocycles. The van der Waals surface area contributed by atoms with Gasteiger partial charge in [-0.15, -0.1) is 0 Å². The summed E-state index contributed by atoms with van der Waals surface area (Å²) in [5.41, 5.74) is 8.45. The zero-order valence-corrected chi connectivity index (χ0v) is 13.2. The van der Waals surface area contributed by atoms with Crippen molar-refractivity contribution in [1.82, 2.24) is 0 Å². The van der Waals surface area contributed by atoms with Gasteiger partial charge in [-0.3, -0.25) is 4.79 Å². The van der Waals surface area contributed by atoms with Crippen LogP contribution in [0, 0.1) is 41.5 Å². The topological polar surface area (TPSA) is 17.1 Å². The lowest BCUT2D eigenvalue weighted by molar-refractivity contribution is 0.103. The van der Waals surface area contributed by atoms with Crippen molar-refractivity contribution < 1.29 is 4.79 Å². The van der Waals surface area contributed by atoms with E-state index in [0.29, 0.717) is 0 Å². The summed E-state index contributed by atoms with van der Waals surface area (Å²) >= 11 is 0. The molecule has 0 radical (unpaired) electrons. The maximum atomic E-state index is 13.0. The standard InChI is InChI=1S/C19H22O/c1-11-8-7-9-12(2)17(11)19(20)18-14(4)10-13(3)15(5)16(18)6/h7-10H,1-6H3. The van der Waals surface area contributed by atoms with Crippen LogP contribution in [0.5, 0.6) is 0 Å². The summed E-state index contributed by atoms with van der Waals surface area (Å²) in [5, 5.41) is 0. The lowest BCUT2D eigenvalue weighted by Crippen LogP contribution is -2.11. The van der Waals surface area contributed by atoms with E-state index in [0.717, 1.165) is 33.4 Å². The quantitative estimate of drug-likeness (QED) is 0.716. The van der Waals surface area contributed by atoms with Crippen LogP contribution in [0.4, 0.5) is 0 Å². The minimum absolute atomic E-state index is 0.152. The summed E-state index contributed by atoms with van der Waals surface area (Å²) < 4.78 is 0. The normalized spacial score (nSPS) is 10.7. The smallest absolute Gasteiger partial charge is 0.194 e. The molecule has 0 saturated heterocycles. The highest BCUT2D eigenvalue weighted by molar-refractivity contribution is 6.12. The average molecular weight is 266 g/mol. The number of hydrogen-bond acceptors (Lipinski definition) is 1. The zero-order valence-electron chi connectivity index (χ0n) is 13.2. The van der Waals surface area contributed by atoms with Gasteiger partial charge in [-0.2, -0.15) is 0 Å². The summed E-state index contributed by atoms with van der Waals surface area (Å²) in [4.78, 5) is 13.0. The Kier molecular flexibility index (Phi) is 3.80. The number of benzene rings is 2. The van der Waals surface area contributed by atoms with E-state index < -0.39 is 0 Å². The summed E-state index contributed by atoms with van der Waals surface area (Å²) in [5.74, 6) is 0.152. The van der Waals surface area contributed by atoms with Gasteiger partial charge < -0.3 is 0 Å². The molecule has 20 heavy (non-hydrogen) atoms.